The third kappa shape index (κ3) is 2.54. The Labute approximate surface area is 110 Å². The third-order valence-electron chi connectivity index (χ3n) is 3.92. The molecule has 1 aliphatic rings. The van der Waals surface area contributed by atoms with Crippen LogP contribution in [0, 0.1) is 0 Å². The highest BCUT2D eigenvalue weighted by Gasteiger charge is 2.41. The Morgan fingerprint density at radius 2 is 2.00 bits per heavy atom. The van der Waals surface area contributed by atoms with Gasteiger partial charge in [0, 0.05) is 12.0 Å². The molecule has 0 atom stereocenters. The lowest BCUT2D eigenvalue weighted by Gasteiger charge is -2.21. The zero-order valence-corrected chi connectivity index (χ0v) is 11.9. The molecular formula is C16H24O2. The van der Waals surface area contributed by atoms with Crippen LogP contribution >= 0.6 is 0 Å². The molecule has 0 spiro atoms. The van der Waals surface area contributed by atoms with E-state index >= 15 is 0 Å². The SMILES string of the molecule is CCc1ccc(C(C)C)c(CC2(O)CC2)c1OC. The van der Waals surface area contributed by atoms with Crippen molar-refractivity contribution in [2.45, 2.75) is 58.0 Å². The van der Waals surface area contributed by atoms with Crippen molar-refractivity contribution >= 4 is 0 Å². The van der Waals surface area contributed by atoms with Gasteiger partial charge >= 0.3 is 0 Å². The first-order chi connectivity index (χ1) is 8.50. The molecule has 1 fully saturated rings. The minimum Gasteiger partial charge on any atom is -0.496 e. The molecule has 0 heterocycles. The summed E-state index contributed by atoms with van der Waals surface area (Å²) in [5.74, 6) is 1.45. The maximum absolute atomic E-state index is 10.2. The Morgan fingerprint density at radius 3 is 2.44 bits per heavy atom. The fraction of sp³-hybridized carbons (Fsp3) is 0.625. The molecule has 1 aliphatic carbocycles. The van der Waals surface area contributed by atoms with E-state index in [9.17, 15) is 5.11 Å². The van der Waals surface area contributed by atoms with E-state index < -0.39 is 5.60 Å². The number of aryl methyl sites for hydroxylation is 1. The monoisotopic (exact) mass is 248 g/mol. The number of ether oxygens (including phenoxy) is 1. The quantitative estimate of drug-likeness (QED) is 0.865. The van der Waals surface area contributed by atoms with Gasteiger partial charge in [-0.25, -0.2) is 0 Å². The Balaban J connectivity index is 2.48. The van der Waals surface area contributed by atoms with Gasteiger partial charge in [-0.2, -0.15) is 0 Å². The van der Waals surface area contributed by atoms with Gasteiger partial charge < -0.3 is 9.84 Å². The molecule has 2 nitrogen and oxygen atoms in total. The van der Waals surface area contributed by atoms with Crippen molar-refractivity contribution in [1.29, 1.82) is 0 Å². The fourth-order valence-corrected chi connectivity index (χ4v) is 2.60. The molecule has 0 amide bonds. The topological polar surface area (TPSA) is 29.5 Å². The van der Waals surface area contributed by atoms with Crippen molar-refractivity contribution < 1.29 is 9.84 Å². The standard InChI is InChI=1S/C16H24O2/c1-5-12-6-7-13(11(2)3)14(15(12)18-4)10-16(17)8-9-16/h6-7,11,17H,5,8-10H2,1-4H3. The van der Waals surface area contributed by atoms with Crippen LogP contribution < -0.4 is 4.74 Å². The van der Waals surface area contributed by atoms with Gasteiger partial charge in [0.2, 0.25) is 0 Å². The van der Waals surface area contributed by atoms with Crippen LogP contribution in [-0.4, -0.2) is 17.8 Å². The van der Waals surface area contributed by atoms with Crippen LogP contribution in [0.15, 0.2) is 12.1 Å². The summed E-state index contributed by atoms with van der Waals surface area (Å²) in [5, 5.41) is 10.2. The molecule has 0 radical (unpaired) electrons. The first-order valence-corrected chi connectivity index (χ1v) is 6.91. The first-order valence-electron chi connectivity index (χ1n) is 6.91. The highest BCUT2D eigenvalue weighted by atomic mass is 16.5. The van der Waals surface area contributed by atoms with Gasteiger partial charge in [0.15, 0.2) is 0 Å². The summed E-state index contributed by atoms with van der Waals surface area (Å²) >= 11 is 0. The normalized spacial score (nSPS) is 17.0. The van der Waals surface area contributed by atoms with E-state index in [4.69, 9.17) is 4.74 Å². The van der Waals surface area contributed by atoms with E-state index in [1.54, 1.807) is 7.11 Å². The summed E-state index contributed by atoms with van der Waals surface area (Å²) in [4.78, 5) is 0. The summed E-state index contributed by atoms with van der Waals surface area (Å²) in [6, 6.07) is 4.36. The molecule has 1 aromatic carbocycles. The number of aliphatic hydroxyl groups is 1. The van der Waals surface area contributed by atoms with Crippen LogP contribution in [0.3, 0.4) is 0 Å². The second-order valence-electron chi connectivity index (χ2n) is 5.74. The summed E-state index contributed by atoms with van der Waals surface area (Å²) in [7, 11) is 1.74. The Hall–Kier alpha value is -1.02. The molecule has 2 heteroatoms. The van der Waals surface area contributed by atoms with Crippen LogP contribution in [0.25, 0.3) is 0 Å². The lowest BCUT2D eigenvalue weighted by molar-refractivity contribution is 0.149. The van der Waals surface area contributed by atoms with Crippen LogP contribution in [0.5, 0.6) is 5.75 Å². The summed E-state index contributed by atoms with van der Waals surface area (Å²) in [5.41, 5.74) is 3.29. The molecular weight excluding hydrogens is 224 g/mol. The molecule has 100 valence electrons. The van der Waals surface area contributed by atoms with E-state index in [-0.39, 0.29) is 0 Å². The molecule has 1 N–H and O–H groups in total. The lowest BCUT2D eigenvalue weighted by Crippen LogP contribution is -2.15. The predicted octanol–water partition coefficient (Wildman–Crippen LogP) is 3.45. The van der Waals surface area contributed by atoms with E-state index in [2.05, 4.69) is 32.9 Å². The van der Waals surface area contributed by atoms with Gasteiger partial charge in [0.1, 0.15) is 5.75 Å². The highest BCUT2D eigenvalue weighted by molar-refractivity contribution is 5.49. The minimum atomic E-state index is -0.469. The second kappa shape index (κ2) is 4.93. The molecule has 2 rings (SSSR count). The lowest BCUT2D eigenvalue weighted by atomic mass is 9.90. The van der Waals surface area contributed by atoms with Crippen molar-refractivity contribution in [3.05, 3.63) is 28.8 Å². The van der Waals surface area contributed by atoms with E-state index in [0.717, 1.165) is 31.4 Å². The van der Waals surface area contributed by atoms with Crippen molar-refractivity contribution in [1.82, 2.24) is 0 Å². The average Bonchev–Trinajstić information content (AvgIpc) is 3.05. The van der Waals surface area contributed by atoms with Crippen LogP contribution in [0.4, 0.5) is 0 Å². The van der Waals surface area contributed by atoms with Gasteiger partial charge in [-0.1, -0.05) is 32.9 Å². The Morgan fingerprint density at radius 1 is 1.33 bits per heavy atom. The molecule has 1 saturated carbocycles. The number of methoxy groups -OCH3 is 1. The van der Waals surface area contributed by atoms with Crippen LogP contribution in [0.2, 0.25) is 0 Å². The first kappa shape index (κ1) is 13.4. The van der Waals surface area contributed by atoms with Crippen molar-refractivity contribution in [2.75, 3.05) is 7.11 Å². The van der Waals surface area contributed by atoms with Crippen molar-refractivity contribution in [2.24, 2.45) is 0 Å². The molecule has 0 aliphatic heterocycles. The molecule has 0 unspecified atom stereocenters. The fourth-order valence-electron chi connectivity index (χ4n) is 2.60. The van der Waals surface area contributed by atoms with Gasteiger partial charge in [-0.15, -0.1) is 0 Å². The number of hydrogen-bond donors (Lipinski definition) is 1. The van der Waals surface area contributed by atoms with Gasteiger partial charge in [0.05, 0.1) is 12.7 Å². The maximum atomic E-state index is 10.2. The number of rotatable bonds is 5. The van der Waals surface area contributed by atoms with E-state index in [1.807, 2.05) is 0 Å². The molecule has 0 bridgehead atoms. The third-order valence-corrected chi connectivity index (χ3v) is 3.92. The molecule has 1 aromatic rings. The smallest absolute Gasteiger partial charge is 0.125 e. The van der Waals surface area contributed by atoms with Gasteiger partial charge in [-0.3, -0.25) is 0 Å². The Bertz CT molecular complexity index is 431. The maximum Gasteiger partial charge on any atom is 0.125 e. The zero-order valence-electron chi connectivity index (χ0n) is 11.9. The summed E-state index contributed by atoms with van der Waals surface area (Å²) in [6.07, 6.45) is 3.54. The Kier molecular flexibility index (Phi) is 3.67. The number of benzene rings is 1. The van der Waals surface area contributed by atoms with E-state index in [1.165, 1.54) is 16.7 Å². The molecule has 18 heavy (non-hydrogen) atoms. The zero-order chi connectivity index (χ0) is 13.3. The summed E-state index contributed by atoms with van der Waals surface area (Å²) in [6.45, 7) is 6.53. The number of hydrogen-bond acceptors (Lipinski definition) is 2. The second-order valence-corrected chi connectivity index (χ2v) is 5.74. The van der Waals surface area contributed by atoms with Gasteiger partial charge in [0.25, 0.3) is 0 Å². The van der Waals surface area contributed by atoms with Crippen molar-refractivity contribution in [3.8, 4) is 5.75 Å². The minimum absolute atomic E-state index is 0.460. The van der Waals surface area contributed by atoms with Gasteiger partial charge in [-0.05, 0) is 36.3 Å². The highest BCUT2D eigenvalue weighted by Crippen LogP contribution is 2.43. The molecule has 0 aromatic heterocycles. The predicted molar refractivity (Wildman–Crippen MR) is 74.3 cm³/mol. The average molecular weight is 248 g/mol. The van der Waals surface area contributed by atoms with Crippen molar-refractivity contribution in [3.63, 3.8) is 0 Å². The summed E-state index contributed by atoms with van der Waals surface area (Å²) < 4.78 is 5.62. The van der Waals surface area contributed by atoms with E-state index in [0.29, 0.717) is 5.92 Å². The largest absolute Gasteiger partial charge is 0.496 e. The molecule has 0 saturated heterocycles. The van der Waals surface area contributed by atoms with Crippen LogP contribution in [-0.2, 0) is 12.8 Å². The van der Waals surface area contributed by atoms with Crippen LogP contribution in [0.1, 0.15) is 56.2 Å².